The van der Waals surface area contributed by atoms with Gasteiger partial charge in [-0.3, -0.25) is 9.59 Å². The average Bonchev–Trinajstić information content (AvgIpc) is 3.08. The zero-order valence-electron chi connectivity index (χ0n) is 16.1. The molecule has 2 aromatic rings. The molecule has 2 fully saturated rings. The molecule has 1 aliphatic carbocycles. The molecule has 1 saturated heterocycles. The lowest BCUT2D eigenvalue weighted by atomic mass is 9.86. The molecule has 0 atom stereocenters. The highest BCUT2D eigenvalue weighted by molar-refractivity contribution is 5.97. The minimum atomic E-state index is 0.0296. The summed E-state index contributed by atoms with van der Waals surface area (Å²) in [6.07, 6.45) is 8.68. The van der Waals surface area contributed by atoms with E-state index in [0.717, 1.165) is 11.0 Å². The molecule has 6 heteroatoms. The molecule has 4 rings (SSSR count). The normalized spacial score (nSPS) is 18.9. The molecule has 2 amide bonds. The Bertz CT molecular complexity index is 830. The molecule has 0 N–H and O–H groups in total. The van der Waals surface area contributed by atoms with Crippen molar-refractivity contribution >= 4 is 22.8 Å². The molecular formula is C21H28N4O2. The van der Waals surface area contributed by atoms with Crippen LogP contribution in [0.4, 0.5) is 0 Å². The first-order valence-corrected chi connectivity index (χ1v) is 10.1. The molecule has 2 aliphatic rings. The summed E-state index contributed by atoms with van der Waals surface area (Å²) in [5.41, 5.74) is 2.53. The molecule has 0 bridgehead atoms. The number of nitrogens with zero attached hydrogens (tertiary/aromatic N) is 4. The highest BCUT2D eigenvalue weighted by Crippen LogP contribution is 2.27. The van der Waals surface area contributed by atoms with E-state index in [2.05, 4.69) is 4.98 Å². The standard InChI is InChI=1S/C21H28N4O2/c1-23-15-22-18-14-17(7-8-19(18)23)21(27)25-11-9-24(10-12-25)20(26)13-16-5-3-2-4-6-16/h7-8,14-16H,2-6,9-13H2,1H3. The maximum Gasteiger partial charge on any atom is 0.254 e. The number of amides is 2. The lowest BCUT2D eigenvalue weighted by Gasteiger charge is -2.35. The van der Waals surface area contributed by atoms with Crippen molar-refractivity contribution in [3.8, 4) is 0 Å². The summed E-state index contributed by atoms with van der Waals surface area (Å²) in [7, 11) is 1.94. The summed E-state index contributed by atoms with van der Waals surface area (Å²) >= 11 is 0. The molecule has 1 aromatic carbocycles. The van der Waals surface area contributed by atoms with Gasteiger partial charge >= 0.3 is 0 Å². The lowest BCUT2D eigenvalue weighted by Crippen LogP contribution is -2.50. The van der Waals surface area contributed by atoms with E-state index in [9.17, 15) is 9.59 Å². The van der Waals surface area contributed by atoms with Crippen LogP contribution in [-0.2, 0) is 11.8 Å². The third kappa shape index (κ3) is 3.84. The predicted molar refractivity (Wildman–Crippen MR) is 104 cm³/mol. The second-order valence-corrected chi connectivity index (χ2v) is 7.94. The van der Waals surface area contributed by atoms with Gasteiger partial charge in [-0.1, -0.05) is 19.3 Å². The number of carbonyl (C=O) groups excluding carboxylic acids is 2. The Morgan fingerprint density at radius 1 is 1.04 bits per heavy atom. The summed E-state index contributed by atoms with van der Waals surface area (Å²) < 4.78 is 1.94. The van der Waals surface area contributed by atoms with E-state index in [1.165, 1.54) is 32.1 Å². The van der Waals surface area contributed by atoms with Gasteiger partial charge in [0.05, 0.1) is 17.4 Å². The van der Waals surface area contributed by atoms with Crippen LogP contribution in [0.5, 0.6) is 0 Å². The topological polar surface area (TPSA) is 58.4 Å². The van der Waals surface area contributed by atoms with E-state index in [4.69, 9.17) is 0 Å². The summed E-state index contributed by atoms with van der Waals surface area (Å²) in [6.45, 7) is 2.50. The molecule has 0 unspecified atom stereocenters. The van der Waals surface area contributed by atoms with E-state index in [1.54, 1.807) is 6.33 Å². The molecular weight excluding hydrogens is 340 g/mol. The van der Waals surface area contributed by atoms with Crippen molar-refractivity contribution in [2.75, 3.05) is 26.2 Å². The van der Waals surface area contributed by atoms with Crippen LogP contribution in [0.1, 0.15) is 48.9 Å². The minimum absolute atomic E-state index is 0.0296. The van der Waals surface area contributed by atoms with Crippen LogP contribution in [0.25, 0.3) is 11.0 Å². The highest BCUT2D eigenvalue weighted by atomic mass is 16.2. The summed E-state index contributed by atoms with van der Waals surface area (Å²) in [5.74, 6) is 0.863. The van der Waals surface area contributed by atoms with Crippen LogP contribution >= 0.6 is 0 Å². The summed E-state index contributed by atoms with van der Waals surface area (Å²) in [5, 5.41) is 0. The smallest absolute Gasteiger partial charge is 0.254 e. The fourth-order valence-electron chi connectivity index (χ4n) is 4.38. The summed E-state index contributed by atoms with van der Waals surface area (Å²) in [4.78, 5) is 33.5. The molecule has 2 heterocycles. The Hall–Kier alpha value is -2.37. The SMILES string of the molecule is Cn1cnc2cc(C(=O)N3CCN(C(=O)CC4CCCCC4)CC3)ccc21. The number of imidazole rings is 1. The molecule has 27 heavy (non-hydrogen) atoms. The largest absolute Gasteiger partial charge is 0.339 e. The van der Waals surface area contributed by atoms with E-state index in [0.29, 0.717) is 44.1 Å². The average molecular weight is 368 g/mol. The first kappa shape index (κ1) is 18.0. The van der Waals surface area contributed by atoms with Gasteiger partial charge in [0.2, 0.25) is 5.91 Å². The van der Waals surface area contributed by atoms with Crippen molar-refractivity contribution in [3.63, 3.8) is 0 Å². The Morgan fingerprint density at radius 2 is 1.74 bits per heavy atom. The minimum Gasteiger partial charge on any atom is -0.339 e. The van der Waals surface area contributed by atoms with Crippen LogP contribution in [0.3, 0.4) is 0 Å². The monoisotopic (exact) mass is 368 g/mol. The number of rotatable bonds is 3. The zero-order valence-corrected chi connectivity index (χ0v) is 16.1. The first-order chi connectivity index (χ1) is 13.1. The van der Waals surface area contributed by atoms with Crippen molar-refractivity contribution in [1.82, 2.24) is 19.4 Å². The van der Waals surface area contributed by atoms with Gasteiger partial charge in [-0.05, 0) is 37.0 Å². The predicted octanol–water partition coefficient (Wildman–Crippen LogP) is 2.83. The van der Waals surface area contributed by atoms with Gasteiger partial charge < -0.3 is 14.4 Å². The number of fused-ring (bicyclic) bond motifs is 1. The van der Waals surface area contributed by atoms with Crippen LogP contribution < -0.4 is 0 Å². The Kier molecular flexibility index (Phi) is 5.14. The first-order valence-electron chi connectivity index (χ1n) is 10.1. The molecule has 6 nitrogen and oxygen atoms in total. The van der Waals surface area contributed by atoms with Crippen molar-refractivity contribution in [2.24, 2.45) is 13.0 Å². The van der Waals surface area contributed by atoms with Crippen LogP contribution in [0.2, 0.25) is 0 Å². The molecule has 0 spiro atoms. The third-order valence-corrected chi connectivity index (χ3v) is 6.08. The van der Waals surface area contributed by atoms with Gasteiger partial charge in [-0.15, -0.1) is 0 Å². The maximum absolute atomic E-state index is 12.8. The van der Waals surface area contributed by atoms with Crippen molar-refractivity contribution < 1.29 is 9.59 Å². The number of piperazine rings is 1. The number of aromatic nitrogens is 2. The van der Waals surface area contributed by atoms with Gasteiger partial charge in [-0.25, -0.2) is 4.98 Å². The lowest BCUT2D eigenvalue weighted by molar-refractivity contribution is -0.133. The van der Waals surface area contributed by atoms with Crippen LogP contribution in [-0.4, -0.2) is 57.3 Å². The van der Waals surface area contributed by atoms with E-state index in [-0.39, 0.29) is 11.8 Å². The Labute approximate surface area is 160 Å². The number of aryl methyl sites for hydroxylation is 1. The number of hydrogen-bond acceptors (Lipinski definition) is 3. The van der Waals surface area contributed by atoms with Crippen LogP contribution in [0.15, 0.2) is 24.5 Å². The van der Waals surface area contributed by atoms with Crippen molar-refractivity contribution in [1.29, 1.82) is 0 Å². The number of benzene rings is 1. The molecule has 0 radical (unpaired) electrons. The van der Waals surface area contributed by atoms with Gasteiger partial charge in [0.1, 0.15) is 0 Å². The van der Waals surface area contributed by atoms with Gasteiger partial charge in [0.15, 0.2) is 0 Å². The fourth-order valence-corrected chi connectivity index (χ4v) is 4.38. The van der Waals surface area contributed by atoms with Crippen LogP contribution in [0, 0.1) is 5.92 Å². The Balaban J connectivity index is 1.33. The summed E-state index contributed by atoms with van der Waals surface area (Å²) in [6, 6.07) is 5.67. The number of hydrogen-bond donors (Lipinski definition) is 0. The molecule has 144 valence electrons. The zero-order chi connectivity index (χ0) is 18.8. The fraction of sp³-hybridized carbons (Fsp3) is 0.571. The molecule has 1 saturated carbocycles. The third-order valence-electron chi connectivity index (χ3n) is 6.08. The molecule has 1 aliphatic heterocycles. The van der Waals surface area contributed by atoms with Crippen molar-refractivity contribution in [2.45, 2.75) is 38.5 Å². The Morgan fingerprint density at radius 3 is 2.48 bits per heavy atom. The van der Waals surface area contributed by atoms with E-state index >= 15 is 0 Å². The quantitative estimate of drug-likeness (QED) is 0.837. The van der Waals surface area contributed by atoms with Gasteiger partial charge in [0, 0.05) is 45.2 Å². The molecule has 1 aromatic heterocycles. The second-order valence-electron chi connectivity index (χ2n) is 7.94. The van der Waals surface area contributed by atoms with Gasteiger partial charge in [0.25, 0.3) is 5.91 Å². The highest BCUT2D eigenvalue weighted by Gasteiger charge is 2.27. The van der Waals surface area contributed by atoms with E-state index < -0.39 is 0 Å². The number of carbonyl (C=O) groups is 2. The van der Waals surface area contributed by atoms with E-state index in [1.807, 2.05) is 39.6 Å². The second kappa shape index (κ2) is 7.71. The maximum atomic E-state index is 12.8. The van der Waals surface area contributed by atoms with Crippen molar-refractivity contribution in [3.05, 3.63) is 30.1 Å². The van der Waals surface area contributed by atoms with Gasteiger partial charge in [-0.2, -0.15) is 0 Å².